The number of ether oxygens (including phenoxy) is 1. The summed E-state index contributed by atoms with van der Waals surface area (Å²) in [4.78, 5) is 30.3. The molecule has 0 aliphatic carbocycles. The molecule has 3 rings (SSSR count). The maximum atomic E-state index is 13.1. The summed E-state index contributed by atoms with van der Waals surface area (Å²) in [6.07, 6.45) is 0. The minimum atomic E-state index is -0.369. The number of pyridine rings is 1. The Morgan fingerprint density at radius 1 is 1.21 bits per heavy atom. The van der Waals surface area contributed by atoms with Gasteiger partial charge in [0.15, 0.2) is 5.75 Å². The average molecular weight is 400 g/mol. The SMILES string of the molecule is [CH]n1c(=O)c2c(OC)c(C(=O)N(C)CCN(CC)CC)sc2c2ccccc21. The second-order valence-corrected chi connectivity index (χ2v) is 7.64. The molecule has 28 heavy (non-hydrogen) atoms. The van der Waals surface area contributed by atoms with Gasteiger partial charge in [0.05, 0.1) is 24.4 Å². The lowest BCUT2D eigenvalue weighted by Gasteiger charge is -2.23. The van der Waals surface area contributed by atoms with E-state index in [0.29, 0.717) is 28.1 Å². The Labute approximate surface area is 168 Å². The second-order valence-electron chi connectivity index (χ2n) is 6.61. The minimum absolute atomic E-state index is 0.155. The predicted molar refractivity (Wildman–Crippen MR) is 115 cm³/mol. The molecule has 0 aliphatic rings. The van der Waals surface area contributed by atoms with Crippen molar-refractivity contribution in [2.45, 2.75) is 13.8 Å². The Balaban J connectivity index is 2.09. The third-order valence-electron chi connectivity index (χ3n) is 5.10. The van der Waals surface area contributed by atoms with Gasteiger partial charge in [-0.3, -0.25) is 9.59 Å². The van der Waals surface area contributed by atoms with E-state index in [1.807, 2.05) is 18.2 Å². The van der Waals surface area contributed by atoms with E-state index < -0.39 is 0 Å². The molecule has 1 aromatic carbocycles. The number of benzene rings is 1. The van der Waals surface area contributed by atoms with Crippen molar-refractivity contribution in [2.24, 2.45) is 0 Å². The number of aromatic nitrogens is 1. The molecule has 2 aromatic heterocycles. The largest absolute Gasteiger partial charge is 0.494 e. The van der Waals surface area contributed by atoms with Crippen LogP contribution in [0.25, 0.3) is 21.0 Å². The summed E-state index contributed by atoms with van der Waals surface area (Å²) in [5.41, 5.74) is 0.254. The van der Waals surface area contributed by atoms with Gasteiger partial charge in [0.25, 0.3) is 11.5 Å². The van der Waals surface area contributed by atoms with Crippen LogP contribution in [0.2, 0.25) is 0 Å². The Hall–Kier alpha value is -2.38. The molecule has 0 saturated heterocycles. The lowest BCUT2D eigenvalue weighted by Crippen LogP contribution is -2.36. The monoisotopic (exact) mass is 399 g/mol. The number of methoxy groups -OCH3 is 1. The summed E-state index contributed by atoms with van der Waals surface area (Å²) in [7, 11) is 9.27. The van der Waals surface area contributed by atoms with Gasteiger partial charge >= 0.3 is 0 Å². The van der Waals surface area contributed by atoms with Crippen molar-refractivity contribution in [3.8, 4) is 5.75 Å². The van der Waals surface area contributed by atoms with Crippen LogP contribution in [-0.2, 0) is 0 Å². The molecule has 0 aliphatic heterocycles. The predicted octanol–water partition coefficient (Wildman–Crippen LogP) is 3.16. The fourth-order valence-corrected chi connectivity index (χ4v) is 4.64. The molecule has 0 fully saturated rings. The number of thiophene rings is 1. The minimum Gasteiger partial charge on any atom is -0.494 e. The first-order valence-electron chi connectivity index (χ1n) is 9.31. The van der Waals surface area contributed by atoms with Crippen molar-refractivity contribution in [3.05, 3.63) is 46.5 Å². The number of amides is 1. The maximum Gasteiger partial charge on any atom is 0.267 e. The van der Waals surface area contributed by atoms with Crippen LogP contribution in [0.15, 0.2) is 29.1 Å². The van der Waals surface area contributed by atoms with E-state index in [1.54, 1.807) is 18.0 Å². The third kappa shape index (κ3) is 3.40. The van der Waals surface area contributed by atoms with Gasteiger partial charge in [0, 0.05) is 25.5 Å². The smallest absolute Gasteiger partial charge is 0.267 e. The van der Waals surface area contributed by atoms with Crippen LogP contribution in [0, 0.1) is 7.05 Å². The first-order chi connectivity index (χ1) is 13.4. The van der Waals surface area contributed by atoms with Crippen LogP contribution < -0.4 is 10.3 Å². The van der Waals surface area contributed by atoms with E-state index in [0.717, 1.165) is 34.3 Å². The lowest BCUT2D eigenvalue weighted by molar-refractivity contribution is 0.0781. The van der Waals surface area contributed by atoms with E-state index >= 15 is 0 Å². The Bertz CT molecular complexity index is 1070. The van der Waals surface area contributed by atoms with Crippen molar-refractivity contribution in [1.82, 2.24) is 14.4 Å². The Kier molecular flexibility index (Phi) is 6.05. The first kappa shape index (κ1) is 20.4. The fraction of sp³-hybridized carbons (Fsp3) is 0.381. The van der Waals surface area contributed by atoms with Crippen LogP contribution in [0.3, 0.4) is 0 Å². The molecule has 0 bridgehead atoms. The topological polar surface area (TPSA) is 54.8 Å². The number of carbonyl (C=O) groups excluding carboxylic acids is 1. The first-order valence-corrected chi connectivity index (χ1v) is 10.1. The summed E-state index contributed by atoms with van der Waals surface area (Å²) < 4.78 is 7.34. The zero-order valence-electron chi connectivity index (χ0n) is 16.7. The number of fused-ring (bicyclic) bond motifs is 3. The number of hydrogen-bond acceptors (Lipinski definition) is 5. The quantitative estimate of drug-likeness (QED) is 0.612. The standard InChI is InChI=1S/C21H25N3O3S/c1-6-24(7-2)13-12-22(3)21(26)19-17(27-5)16-18(28-19)14-10-8-9-11-15(14)23(4)20(16)25/h4,8-11H,6-7,12-13H2,1-3,5H3. The van der Waals surface area contributed by atoms with Crippen LogP contribution in [0.1, 0.15) is 23.5 Å². The molecule has 7 heteroatoms. The molecule has 6 nitrogen and oxygen atoms in total. The van der Waals surface area contributed by atoms with Gasteiger partial charge in [0.1, 0.15) is 10.3 Å². The molecule has 0 atom stereocenters. The van der Waals surface area contributed by atoms with Crippen molar-refractivity contribution in [3.63, 3.8) is 0 Å². The van der Waals surface area contributed by atoms with E-state index in [-0.39, 0.29) is 11.5 Å². The highest BCUT2D eigenvalue weighted by Gasteiger charge is 2.26. The normalized spacial score (nSPS) is 11.5. The molecular formula is C21H25N3O3S. The number of likely N-dealkylation sites (N-methyl/N-ethyl adjacent to an activating group) is 2. The van der Waals surface area contributed by atoms with Crippen molar-refractivity contribution in [1.29, 1.82) is 0 Å². The van der Waals surface area contributed by atoms with Crippen molar-refractivity contribution < 1.29 is 9.53 Å². The summed E-state index contributed by atoms with van der Waals surface area (Å²) in [5.74, 6) is 0.145. The van der Waals surface area contributed by atoms with Crippen molar-refractivity contribution in [2.75, 3.05) is 40.3 Å². The number of nitrogens with zero attached hydrogens (tertiary/aromatic N) is 3. The summed E-state index contributed by atoms with van der Waals surface area (Å²) >= 11 is 1.28. The van der Waals surface area contributed by atoms with Gasteiger partial charge in [-0.1, -0.05) is 32.0 Å². The number of carbonyl (C=O) groups is 1. The summed E-state index contributed by atoms with van der Waals surface area (Å²) in [6, 6.07) is 7.40. The van der Waals surface area contributed by atoms with Gasteiger partial charge in [-0.05, 0) is 19.2 Å². The molecule has 0 saturated carbocycles. The van der Waals surface area contributed by atoms with Crippen LogP contribution in [-0.4, -0.2) is 60.6 Å². The molecular weight excluding hydrogens is 374 g/mol. The lowest BCUT2D eigenvalue weighted by atomic mass is 10.1. The molecule has 2 heterocycles. The molecule has 1 amide bonds. The highest BCUT2D eigenvalue weighted by molar-refractivity contribution is 7.22. The second kappa shape index (κ2) is 8.32. The van der Waals surface area contributed by atoms with E-state index in [4.69, 9.17) is 11.8 Å². The van der Waals surface area contributed by atoms with Crippen molar-refractivity contribution >= 4 is 38.2 Å². The molecule has 0 N–H and O–H groups in total. The van der Waals surface area contributed by atoms with E-state index in [9.17, 15) is 9.59 Å². The number of para-hydroxylation sites is 1. The third-order valence-corrected chi connectivity index (χ3v) is 6.29. The molecule has 2 radical (unpaired) electrons. The number of rotatable bonds is 7. The highest BCUT2D eigenvalue weighted by Crippen LogP contribution is 2.39. The summed E-state index contributed by atoms with van der Waals surface area (Å²) in [5, 5.41) is 1.18. The molecule has 0 spiro atoms. The van der Waals surface area contributed by atoms with Gasteiger partial charge < -0.3 is 19.1 Å². The van der Waals surface area contributed by atoms with E-state index in [2.05, 4.69) is 18.7 Å². The Morgan fingerprint density at radius 3 is 2.54 bits per heavy atom. The van der Waals surface area contributed by atoms with Gasteiger partial charge in [-0.25, -0.2) is 0 Å². The zero-order valence-corrected chi connectivity index (χ0v) is 17.5. The Morgan fingerprint density at radius 2 is 1.89 bits per heavy atom. The maximum absolute atomic E-state index is 13.1. The fourth-order valence-electron chi connectivity index (χ4n) is 3.35. The van der Waals surface area contributed by atoms with Gasteiger partial charge in [-0.15, -0.1) is 11.3 Å². The van der Waals surface area contributed by atoms with Crippen LogP contribution in [0.4, 0.5) is 0 Å². The molecule has 0 unspecified atom stereocenters. The molecule has 148 valence electrons. The van der Waals surface area contributed by atoms with E-state index in [1.165, 1.54) is 18.4 Å². The van der Waals surface area contributed by atoms with Gasteiger partial charge in [0.2, 0.25) is 0 Å². The zero-order chi connectivity index (χ0) is 20.4. The molecule has 3 aromatic rings. The highest BCUT2D eigenvalue weighted by atomic mass is 32.1. The summed E-state index contributed by atoms with van der Waals surface area (Å²) in [6.45, 7) is 7.47. The van der Waals surface area contributed by atoms with Crippen LogP contribution >= 0.6 is 11.3 Å². The average Bonchev–Trinajstić information content (AvgIpc) is 3.11. The van der Waals surface area contributed by atoms with Gasteiger partial charge in [-0.2, -0.15) is 0 Å². The number of hydrogen-bond donors (Lipinski definition) is 0. The van der Waals surface area contributed by atoms with Crippen LogP contribution in [0.5, 0.6) is 5.75 Å².